The van der Waals surface area contributed by atoms with Gasteiger partial charge in [-0.2, -0.15) is 5.10 Å². The Hall–Kier alpha value is -2.95. The largest absolute Gasteiger partial charge is 0.497 e. The normalized spacial score (nSPS) is 13.7. The standard InChI is InChI=1S/C18H25N7O3S/c1-27-14-8-13(9-15(10-14)28-2)20-16(26)11-29-18-24-23-17(25(18)19)22-21-12-6-4-3-5-7-12/h8-10H,3-7,11,19H2,1-2H3,(H,20,26)(H,22,23). The van der Waals surface area contributed by atoms with E-state index in [1.54, 1.807) is 32.4 Å². The Bertz CT molecular complexity index is 854. The molecule has 0 atom stereocenters. The highest BCUT2D eigenvalue weighted by Crippen LogP contribution is 2.26. The number of hydrazone groups is 1. The number of nitrogens with two attached hydrogens (primary N) is 1. The van der Waals surface area contributed by atoms with Crippen molar-refractivity contribution in [2.75, 3.05) is 36.6 Å². The lowest BCUT2D eigenvalue weighted by atomic mass is 9.99. The van der Waals surface area contributed by atoms with Crippen LogP contribution in [0.4, 0.5) is 11.6 Å². The van der Waals surface area contributed by atoms with Gasteiger partial charge >= 0.3 is 0 Å². The Labute approximate surface area is 173 Å². The first-order valence-electron chi connectivity index (χ1n) is 9.26. The molecule has 1 saturated carbocycles. The molecule has 0 unspecified atom stereocenters. The molecule has 29 heavy (non-hydrogen) atoms. The number of nitrogens with one attached hydrogen (secondary N) is 2. The molecule has 10 nitrogen and oxygen atoms in total. The number of carbonyl (C=O) groups excluding carboxylic acids is 1. The van der Waals surface area contributed by atoms with Gasteiger partial charge in [0.15, 0.2) is 0 Å². The molecule has 1 amide bonds. The van der Waals surface area contributed by atoms with E-state index in [0.717, 1.165) is 31.4 Å². The maximum atomic E-state index is 12.3. The van der Waals surface area contributed by atoms with E-state index in [9.17, 15) is 4.79 Å². The van der Waals surface area contributed by atoms with Crippen molar-refractivity contribution in [3.63, 3.8) is 0 Å². The SMILES string of the molecule is COc1cc(NC(=O)CSc2nnc(NN=C3CCCCC3)n2N)cc(OC)c1. The molecule has 1 aromatic heterocycles. The van der Waals surface area contributed by atoms with Gasteiger partial charge in [-0.3, -0.25) is 4.79 Å². The summed E-state index contributed by atoms with van der Waals surface area (Å²) in [6.07, 6.45) is 5.54. The molecule has 0 radical (unpaired) electrons. The van der Waals surface area contributed by atoms with Crippen LogP contribution in [0.2, 0.25) is 0 Å². The predicted molar refractivity (Wildman–Crippen MR) is 113 cm³/mol. The second-order valence-electron chi connectivity index (χ2n) is 6.46. The van der Waals surface area contributed by atoms with E-state index >= 15 is 0 Å². The molecular weight excluding hydrogens is 394 g/mol. The summed E-state index contributed by atoms with van der Waals surface area (Å²) in [7, 11) is 3.10. The van der Waals surface area contributed by atoms with Crippen molar-refractivity contribution in [3.8, 4) is 11.5 Å². The number of anilines is 2. The van der Waals surface area contributed by atoms with E-state index in [0.29, 0.717) is 28.3 Å². The minimum atomic E-state index is -0.217. The fourth-order valence-electron chi connectivity index (χ4n) is 2.86. The first-order valence-corrected chi connectivity index (χ1v) is 10.2. The van der Waals surface area contributed by atoms with E-state index < -0.39 is 0 Å². The highest BCUT2D eigenvalue weighted by molar-refractivity contribution is 7.99. The van der Waals surface area contributed by atoms with Gasteiger partial charge in [0.05, 0.1) is 20.0 Å². The zero-order chi connectivity index (χ0) is 20.6. The maximum Gasteiger partial charge on any atom is 0.264 e. The molecular formula is C18H25N7O3S. The molecule has 0 spiro atoms. The van der Waals surface area contributed by atoms with Crippen LogP contribution in [0.3, 0.4) is 0 Å². The smallest absolute Gasteiger partial charge is 0.264 e. The monoisotopic (exact) mass is 419 g/mol. The average molecular weight is 420 g/mol. The molecule has 3 rings (SSSR count). The van der Waals surface area contributed by atoms with Crippen molar-refractivity contribution in [1.29, 1.82) is 0 Å². The molecule has 1 heterocycles. The summed E-state index contributed by atoms with van der Waals surface area (Å²) in [6, 6.07) is 5.15. The van der Waals surface area contributed by atoms with Gasteiger partial charge < -0.3 is 20.6 Å². The van der Waals surface area contributed by atoms with Gasteiger partial charge in [-0.05, 0) is 25.7 Å². The van der Waals surface area contributed by atoms with Crippen molar-refractivity contribution < 1.29 is 14.3 Å². The molecule has 0 aliphatic heterocycles. The number of thioether (sulfide) groups is 1. The van der Waals surface area contributed by atoms with Crippen molar-refractivity contribution >= 4 is 35.0 Å². The highest BCUT2D eigenvalue weighted by Gasteiger charge is 2.14. The maximum absolute atomic E-state index is 12.3. The van der Waals surface area contributed by atoms with Crippen LogP contribution >= 0.6 is 11.8 Å². The van der Waals surface area contributed by atoms with Gasteiger partial charge in [-0.15, -0.1) is 10.2 Å². The summed E-state index contributed by atoms with van der Waals surface area (Å²) >= 11 is 1.18. The molecule has 156 valence electrons. The Balaban J connectivity index is 1.54. The third-order valence-electron chi connectivity index (χ3n) is 4.38. The number of amides is 1. The van der Waals surface area contributed by atoms with Crippen LogP contribution in [0.5, 0.6) is 11.5 Å². The first-order chi connectivity index (χ1) is 14.1. The minimum absolute atomic E-state index is 0.114. The van der Waals surface area contributed by atoms with Gasteiger partial charge in [0.2, 0.25) is 11.1 Å². The second kappa shape index (κ2) is 10.0. The van der Waals surface area contributed by atoms with E-state index in [1.165, 1.54) is 22.9 Å². The summed E-state index contributed by atoms with van der Waals surface area (Å²) in [6.45, 7) is 0. The van der Waals surface area contributed by atoms with Crippen molar-refractivity contribution in [1.82, 2.24) is 14.9 Å². The third-order valence-corrected chi connectivity index (χ3v) is 5.32. The van der Waals surface area contributed by atoms with Crippen molar-refractivity contribution in [2.24, 2.45) is 5.10 Å². The number of carbonyl (C=O) groups is 1. The Morgan fingerprint density at radius 3 is 2.52 bits per heavy atom. The molecule has 4 N–H and O–H groups in total. The summed E-state index contributed by atoms with van der Waals surface area (Å²) in [4.78, 5) is 12.3. The highest BCUT2D eigenvalue weighted by atomic mass is 32.2. The quantitative estimate of drug-likeness (QED) is 0.338. The zero-order valence-corrected chi connectivity index (χ0v) is 17.3. The van der Waals surface area contributed by atoms with Gasteiger partial charge in [0, 0.05) is 29.6 Å². The van der Waals surface area contributed by atoms with Crippen LogP contribution in [0.25, 0.3) is 0 Å². The van der Waals surface area contributed by atoms with Gasteiger partial charge in [0.25, 0.3) is 5.95 Å². The first kappa shape index (κ1) is 20.8. The molecule has 1 aliphatic carbocycles. The lowest BCUT2D eigenvalue weighted by Gasteiger charge is -2.12. The number of ether oxygens (including phenoxy) is 2. The number of hydrogen-bond acceptors (Lipinski definition) is 9. The van der Waals surface area contributed by atoms with Crippen LogP contribution in [-0.4, -0.2) is 46.5 Å². The summed E-state index contributed by atoms with van der Waals surface area (Å²) in [5, 5.41) is 15.6. The Morgan fingerprint density at radius 1 is 1.17 bits per heavy atom. The fourth-order valence-corrected chi connectivity index (χ4v) is 3.52. The van der Waals surface area contributed by atoms with E-state index in [1.807, 2.05) is 0 Å². The Kier molecular flexibility index (Phi) is 7.17. The van der Waals surface area contributed by atoms with Gasteiger partial charge in [-0.1, -0.05) is 18.2 Å². The van der Waals surface area contributed by atoms with Crippen LogP contribution < -0.4 is 26.1 Å². The minimum Gasteiger partial charge on any atom is -0.497 e. The number of methoxy groups -OCH3 is 2. The molecule has 0 saturated heterocycles. The third kappa shape index (κ3) is 5.76. The van der Waals surface area contributed by atoms with Gasteiger partial charge in [-0.25, -0.2) is 10.1 Å². The molecule has 0 bridgehead atoms. The molecule has 2 aromatic rings. The van der Waals surface area contributed by atoms with Crippen LogP contribution in [0, 0.1) is 0 Å². The molecule has 1 fully saturated rings. The zero-order valence-electron chi connectivity index (χ0n) is 16.5. The average Bonchev–Trinajstić information content (AvgIpc) is 3.10. The number of hydrogen-bond donors (Lipinski definition) is 3. The van der Waals surface area contributed by atoms with Gasteiger partial charge in [0.1, 0.15) is 11.5 Å². The topological polar surface area (TPSA) is 129 Å². The Morgan fingerprint density at radius 2 is 1.86 bits per heavy atom. The van der Waals surface area contributed by atoms with E-state index in [4.69, 9.17) is 15.3 Å². The fraction of sp³-hybridized carbons (Fsp3) is 0.444. The number of aromatic nitrogens is 3. The van der Waals surface area contributed by atoms with Crippen LogP contribution in [-0.2, 0) is 4.79 Å². The van der Waals surface area contributed by atoms with Crippen molar-refractivity contribution in [3.05, 3.63) is 18.2 Å². The van der Waals surface area contributed by atoms with E-state index in [-0.39, 0.29) is 11.7 Å². The molecule has 11 heteroatoms. The lowest BCUT2D eigenvalue weighted by Crippen LogP contribution is -2.17. The summed E-state index contributed by atoms with van der Waals surface area (Å²) in [5.41, 5.74) is 4.55. The molecule has 1 aromatic carbocycles. The molecule has 1 aliphatic rings. The number of benzene rings is 1. The van der Waals surface area contributed by atoms with E-state index in [2.05, 4.69) is 26.0 Å². The van der Waals surface area contributed by atoms with Crippen LogP contribution in [0.1, 0.15) is 32.1 Å². The number of nitrogen functional groups attached to an aromatic ring is 1. The number of nitrogens with zero attached hydrogens (tertiary/aromatic N) is 4. The summed E-state index contributed by atoms with van der Waals surface area (Å²) in [5.74, 6) is 7.42. The van der Waals surface area contributed by atoms with Crippen molar-refractivity contribution in [2.45, 2.75) is 37.3 Å². The van der Waals surface area contributed by atoms with Crippen LogP contribution in [0.15, 0.2) is 28.5 Å². The summed E-state index contributed by atoms with van der Waals surface area (Å²) < 4.78 is 11.7. The number of rotatable bonds is 8. The lowest BCUT2D eigenvalue weighted by molar-refractivity contribution is -0.113. The second-order valence-corrected chi connectivity index (χ2v) is 7.41. The predicted octanol–water partition coefficient (Wildman–Crippen LogP) is 2.47.